The van der Waals surface area contributed by atoms with Crippen molar-refractivity contribution in [1.29, 1.82) is 0 Å². The average Bonchev–Trinajstić information content (AvgIpc) is 2.21. The van der Waals surface area contributed by atoms with E-state index in [0.717, 1.165) is 17.1 Å². The highest BCUT2D eigenvalue weighted by Gasteiger charge is 2.04. The normalized spacial score (nSPS) is 9.78. The summed E-state index contributed by atoms with van der Waals surface area (Å²) in [5.74, 6) is 0.534. The van der Waals surface area contributed by atoms with Crippen LogP contribution in [-0.2, 0) is 0 Å². The van der Waals surface area contributed by atoms with Gasteiger partial charge in [0.25, 0.3) is 0 Å². The lowest BCUT2D eigenvalue weighted by Crippen LogP contribution is -2.00. The summed E-state index contributed by atoms with van der Waals surface area (Å²) >= 11 is 11.9. The number of hydrogen-bond donors (Lipinski definition) is 1. The minimum absolute atomic E-state index is 0. The smallest absolute Gasteiger partial charge is 0.227 e. The largest absolute Gasteiger partial charge is 0.323 e. The van der Waals surface area contributed by atoms with Crippen LogP contribution in [-0.4, -0.2) is 9.97 Å². The predicted molar refractivity (Wildman–Crippen MR) is 78.5 cm³/mol. The number of anilines is 2. The quantitative estimate of drug-likeness (QED) is 0.883. The maximum absolute atomic E-state index is 6.06. The lowest BCUT2D eigenvalue weighted by Gasteiger charge is -2.08. The van der Waals surface area contributed by atoms with Crippen molar-refractivity contribution < 1.29 is 0 Å². The van der Waals surface area contributed by atoms with Gasteiger partial charge < -0.3 is 5.32 Å². The van der Waals surface area contributed by atoms with Gasteiger partial charge >= 0.3 is 0 Å². The standard InChI is InChI=1S/C12H11Cl2N3.ClH/c1-7-5-8(2)16-12(15-7)17-11-4-3-9(13)6-10(11)14;/h3-6H,1-2H3,(H,15,16,17);1H. The summed E-state index contributed by atoms with van der Waals surface area (Å²) in [6.45, 7) is 3.84. The zero-order valence-electron chi connectivity index (χ0n) is 9.87. The van der Waals surface area contributed by atoms with Gasteiger partial charge in [-0.15, -0.1) is 12.4 Å². The minimum Gasteiger partial charge on any atom is -0.323 e. The number of hydrogen-bond acceptors (Lipinski definition) is 3. The molecule has 0 amide bonds. The monoisotopic (exact) mass is 303 g/mol. The Morgan fingerprint density at radius 3 is 2.17 bits per heavy atom. The van der Waals surface area contributed by atoms with Gasteiger partial charge in [0.15, 0.2) is 0 Å². The molecule has 3 nitrogen and oxygen atoms in total. The second-order valence-electron chi connectivity index (χ2n) is 3.72. The second-order valence-corrected chi connectivity index (χ2v) is 4.57. The SMILES string of the molecule is Cc1cc(C)nc(Nc2ccc(Cl)cc2Cl)n1.Cl. The molecular formula is C12H12Cl3N3. The summed E-state index contributed by atoms with van der Waals surface area (Å²) in [7, 11) is 0. The molecule has 0 saturated carbocycles. The number of nitrogens with zero attached hydrogens (tertiary/aromatic N) is 2. The van der Waals surface area contributed by atoms with Crippen LogP contribution in [0.5, 0.6) is 0 Å². The first-order valence-electron chi connectivity index (χ1n) is 5.09. The Hall–Kier alpha value is -1.03. The van der Waals surface area contributed by atoms with Crippen molar-refractivity contribution in [3.05, 3.63) is 45.7 Å². The number of nitrogens with one attached hydrogen (secondary N) is 1. The number of halogens is 3. The van der Waals surface area contributed by atoms with Crippen LogP contribution in [0.1, 0.15) is 11.4 Å². The van der Waals surface area contributed by atoms with Crippen LogP contribution < -0.4 is 5.32 Å². The highest BCUT2D eigenvalue weighted by molar-refractivity contribution is 6.36. The van der Waals surface area contributed by atoms with Gasteiger partial charge in [-0.2, -0.15) is 0 Å². The van der Waals surface area contributed by atoms with E-state index in [-0.39, 0.29) is 12.4 Å². The Morgan fingerprint density at radius 1 is 1.00 bits per heavy atom. The summed E-state index contributed by atoms with van der Waals surface area (Å²) < 4.78 is 0. The van der Waals surface area contributed by atoms with Gasteiger partial charge in [0.05, 0.1) is 10.7 Å². The van der Waals surface area contributed by atoms with Gasteiger partial charge in [0.1, 0.15) is 0 Å². The topological polar surface area (TPSA) is 37.8 Å². The Labute approximate surface area is 122 Å². The van der Waals surface area contributed by atoms with Crippen LogP contribution in [0.2, 0.25) is 10.0 Å². The predicted octanol–water partition coefficient (Wildman–Crippen LogP) is 4.57. The van der Waals surface area contributed by atoms with Crippen molar-refractivity contribution in [3.63, 3.8) is 0 Å². The third kappa shape index (κ3) is 3.73. The molecule has 1 heterocycles. The molecule has 0 aliphatic carbocycles. The van der Waals surface area contributed by atoms with Gasteiger partial charge in [-0.05, 0) is 38.1 Å². The van der Waals surface area contributed by atoms with E-state index in [1.165, 1.54) is 0 Å². The van der Waals surface area contributed by atoms with Crippen molar-refractivity contribution >= 4 is 47.2 Å². The summed E-state index contributed by atoms with van der Waals surface area (Å²) in [4.78, 5) is 8.56. The Kier molecular flexibility index (Phi) is 5.20. The third-order valence-corrected chi connectivity index (χ3v) is 2.71. The molecule has 0 fully saturated rings. The first-order chi connectivity index (χ1) is 8.04. The molecule has 6 heteroatoms. The van der Waals surface area contributed by atoms with Gasteiger partial charge in [-0.25, -0.2) is 9.97 Å². The summed E-state index contributed by atoms with van der Waals surface area (Å²) in [6, 6.07) is 7.15. The average molecular weight is 305 g/mol. The van der Waals surface area contributed by atoms with Gasteiger partial charge in [0.2, 0.25) is 5.95 Å². The van der Waals surface area contributed by atoms with Crippen LogP contribution in [0.3, 0.4) is 0 Å². The first kappa shape index (κ1) is 15.0. The molecule has 0 bridgehead atoms. The van der Waals surface area contributed by atoms with E-state index in [0.29, 0.717) is 16.0 Å². The number of benzene rings is 1. The van der Waals surface area contributed by atoms with Gasteiger partial charge in [-0.1, -0.05) is 23.2 Å². The number of aryl methyl sites for hydroxylation is 2. The van der Waals surface area contributed by atoms with Crippen LogP contribution in [0.4, 0.5) is 11.6 Å². The maximum atomic E-state index is 6.06. The molecule has 2 rings (SSSR count). The molecule has 1 N–H and O–H groups in total. The van der Waals surface area contributed by atoms with E-state index in [1.54, 1.807) is 18.2 Å². The summed E-state index contributed by atoms with van der Waals surface area (Å²) in [5.41, 5.74) is 2.55. The van der Waals surface area contributed by atoms with Crippen molar-refractivity contribution in [2.75, 3.05) is 5.32 Å². The van der Waals surface area contributed by atoms with Crippen LogP contribution >= 0.6 is 35.6 Å². The van der Waals surface area contributed by atoms with E-state index in [2.05, 4.69) is 15.3 Å². The van der Waals surface area contributed by atoms with E-state index >= 15 is 0 Å². The van der Waals surface area contributed by atoms with Crippen LogP contribution in [0.15, 0.2) is 24.3 Å². The molecule has 0 aliphatic heterocycles. The van der Waals surface area contributed by atoms with Crippen molar-refractivity contribution in [2.45, 2.75) is 13.8 Å². The molecule has 0 radical (unpaired) electrons. The van der Waals surface area contributed by atoms with E-state index in [9.17, 15) is 0 Å². The van der Waals surface area contributed by atoms with Crippen molar-refractivity contribution in [3.8, 4) is 0 Å². The molecule has 0 atom stereocenters. The minimum atomic E-state index is 0. The van der Waals surface area contributed by atoms with Gasteiger partial charge in [0, 0.05) is 16.4 Å². The molecule has 0 unspecified atom stereocenters. The maximum Gasteiger partial charge on any atom is 0.227 e. The molecular weight excluding hydrogens is 293 g/mol. The molecule has 0 saturated heterocycles. The lowest BCUT2D eigenvalue weighted by atomic mass is 10.3. The number of aromatic nitrogens is 2. The second kappa shape index (κ2) is 6.23. The molecule has 0 spiro atoms. The highest BCUT2D eigenvalue weighted by Crippen LogP contribution is 2.27. The number of rotatable bonds is 2. The molecule has 1 aromatic heterocycles. The molecule has 2 aromatic rings. The van der Waals surface area contributed by atoms with Gasteiger partial charge in [-0.3, -0.25) is 0 Å². The molecule has 1 aromatic carbocycles. The summed E-state index contributed by atoms with van der Waals surface area (Å²) in [6.07, 6.45) is 0. The Morgan fingerprint density at radius 2 is 1.61 bits per heavy atom. The third-order valence-electron chi connectivity index (χ3n) is 2.16. The highest BCUT2D eigenvalue weighted by atomic mass is 35.5. The van der Waals surface area contributed by atoms with E-state index < -0.39 is 0 Å². The summed E-state index contributed by atoms with van der Waals surface area (Å²) in [5, 5.41) is 4.21. The fourth-order valence-electron chi connectivity index (χ4n) is 1.49. The van der Waals surface area contributed by atoms with Crippen molar-refractivity contribution in [1.82, 2.24) is 9.97 Å². The van der Waals surface area contributed by atoms with E-state index in [4.69, 9.17) is 23.2 Å². The Balaban J connectivity index is 0.00000162. The molecule has 96 valence electrons. The zero-order valence-corrected chi connectivity index (χ0v) is 12.2. The van der Waals surface area contributed by atoms with Crippen molar-refractivity contribution in [2.24, 2.45) is 0 Å². The fraction of sp³-hybridized carbons (Fsp3) is 0.167. The van der Waals surface area contributed by atoms with E-state index in [1.807, 2.05) is 19.9 Å². The fourth-order valence-corrected chi connectivity index (χ4v) is 1.95. The first-order valence-corrected chi connectivity index (χ1v) is 5.84. The van der Waals surface area contributed by atoms with Crippen LogP contribution in [0, 0.1) is 13.8 Å². The molecule has 18 heavy (non-hydrogen) atoms. The zero-order chi connectivity index (χ0) is 12.4. The van der Waals surface area contributed by atoms with Crippen LogP contribution in [0.25, 0.3) is 0 Å². The lowest BCUT2D eigenvalue weighted by molar-refractivity contribution is 1.06. The molecule has 0 aliphatic rings. The Bertz CT molecular complexity index is 538.